The highest BCUT2D eigenvalue weighted by Gasteiger charge is 2.39. The molecule has 6 heteroatoms. The largest absolute Gasteiger partial charge is 0.396 e. The van der Waals surface area contributed by atoms with Gasteiger partial charge in [-0.25, -0.2) is 0 Å². The van der Waals surface area contributed by atoms with E-state index in [2.05, 4.69) is 5.32 Å². The van der Waals surface area contributed by atoms with E-state index >= 15 is 0 Å². The summed E-state index contributed by atoms with van der Waals surface area (Å²) in [6.07, 6.45) is -4.47. The monoisotopic (exact) mass is 213 g/mol. The Bertz CT molecular complexity index is 192. The molecule has 0 aliphatic heterocycles. The summed E-state index contributed by atoms with van der Waals surface area (Å²) < 4.78 is 36.2. The smallest absolute Gasteiger partial charge is 0.395 e. The number of halogens is 3. The fourth-order valence-corrected chi connectivity index (χ4v) is 0.712. The van der Waals surface area contributed by atoms with Crippen molar-refractivity contribution in [1.29, 1.82) is 0 Å². The number of aliphatic hydroxyl groups excluding tert-OH is 1. The number of hydrogen-bond donors (Lipinski definition) is 2. The van der Waals surface area contributed by atoms with Gasteiger partial charge in [0.25, 0.3) is 0 Å². The van der Waals surface area contributed by atoms with Crippen molar-refractivity contribution in [2.24, 2.45) is 11.8 Å². The van der Waals surface area contributed by atoms with Crippen molar-refractivity contribution in [2.45, 2.75) is 20.0 Å². The summed E-state index contributed by atoms with van der Waals surface area (Å²) in [6, 6.07) is 0. The van der Waals surface area contributed by atoms with E-state index in [1.807, 2.05) is 0 Å². The topological polar surface area (TPSA) is 49.3 Å². The van der Waals surface area contributed by atoms with Crippen LogP contribution >= 0.6 is 0 Å². The highest BCUT2D eigenvalue weighted by atomic mass is 19.4. The van der Waals surface area contributed by atoms with Gasteiger partial charge in [0.1, 0.15) is 0 Å². The minimum atomic E-state index is -4.47. The van der Waals surface area contributed by atoms with Crippen LogP contribution in [0.4, 0.5) is 13.2 Å². The molecular formula is C8H14F3NO2. The predicted octanol–water partition coefficient (Wildman–Crippen LogP) is 0.929. The second-order valence-electron chi connectivity index (χ2n) is 3.32. The SMILES string of the molecule is CC(C)C(=O)NCC(CO)C(F)(F)F. The van der Waals surface area contributed by atoms with E-state index < -0.39 is 31.2 Å². The average molecular weight is 213 g/mol. The highest BCUT2D eigenvalue weighted by molar-refractivity contribution is 5.77. The van der Waals surface area contributed by atoms with E-state index in [4.69, 9.17) is 5.11 Å². The van der Waals surface area contributed by atoms with E-state index in [0.29, 0.717) is 0 Å². The van der Waals surface area contributed by atoms with Gasteiger partial charge in [0, 0.05) is 12.5 Å². The number of carbonyl (C=O) groups is 1. The lowest BCUT2D eigenvalue weighted by molar-refractivity contribution is -0.182. The van der Waals surface area contributed by atoms with Crippen LogP contribution in [0.2, 0.25) is 0 Å². The summed E-state index contributed by atoms with van der Waals surface area (Å²) in [4.78, 5) is 10.9. The molecule has 0 saturated carbocycles. The van der Waals surface area contributed by atoms with Crippen LogP contribution in [0.3, 0.4) is 0 Å². The van der Waals surface area contributed by atoms with Gasteiger partial charge in [0.2, 0.25) is 5.91 Å². The van der Waals surface area contributed by atoms with Crippen LogP contribution in [0.25, 0.3) is 0 Å². The van der Waals surface area contributed by atoms with E-state index in [0.717, 1.165) is 0 Å². The standard InChI is InChI=1S/C8H14F3NO2/c1-5(2)7(14)12-3-6(4-13)8(9,10)11/h5-6,13H,3-4H2,1-2H3,(H,12,14). The Hall–Kier alpha value is -0.780. The van der Waals surface area contributed by atoms with Crippen LogP contribution in [0, 0.1) is 11.8 Å². The molecule has 0 aliphatic rings. The van der Waals surface area contributed by atoms with Gasteiger partial charge in [-0.2, -0.15) is 13.2 Å². The summed E-state index contributed by atoms with van der Waals surface area (Å²) >= 11 is 0. The summed E-state index contributed by atoms with van der Waals surface area (Å²) in [6.45, 7) is 1.58. The van der Waals surface area contributed by atoms with Crippen LogP contribution in [0.1, 0.15) is 13.8 Å². The van der Waals surface area contributed by atoms with Crippen molar-refractivity contribution in [1.82, 2.24) is 5.32 Å². The van der Waals surface area contributed by atoms with E-state index in [1.54, 1.807) is 13.8 Å². The number of hydrogen-bond acceptors (Lipinski definition) is 2. The molecule has 2 N–H and O–H groups in total. The zero-order valence-corrected chi connectivity index (χ0v) is 8.06. The average Bonchev–Trinajstić information content (AvgIpc) is 2.02. The zero-order valence-electron chi connectivity index (χ0n) is 8.06. The molecule has 1 atom stereocenters. The molecule has 0 aromatic rings. The molecule has 0 aromatic heterocycles. The fraction of sp³-hybridized carbons (Fsp3) is 0.875. The first kappa shape index (κ1) is 13.2. The molecule has 0 spiro atoms. The van der Waals surface area contributed by atoms with Crippen molar-refractivity contribution in [3.63, 3.8) is 0 Å². The summed E-state index contributed by atoms with van der Waals surface area (Å²) in [5.74, 6) is -2.69. The molecule has 84 valence electrons. The van der Waals surface area contributed by atoms with Gasteiger partial charge >= 0.3 is 6.18 Å². The number of alkyl halides is 3. The Morgan fingerprint density at radius 3 is 2.21 bits per heavy atom. The third-order valence-corrected chi connectivity index (χ3v) is 1.73. The second-order valence-corrected chi connectivity index (χ2v) is 3.32. The molecule has 1 amide bonds. The summed E-state index contributed by atoms with van der Waals surface area (Å²) in [5, 5.41) is 10.6. The molecule has 0 aromatic carbocycles. The molecule has 0 rings (SSSR count). The van der Waals surface area contributed by atoms with E-state index in [9.17, 15) is 18.0 Å². The number of aliphatic hydroxyl groups is 1. The van der Waals surface area contributed by atoms with Crippen LogP contribution in [0.15, 0.2) is 0 Å². The molecule has 0 radical (unpaired) electrons. The van der Waals surface area contributed by atoms with Gasteiger partial charge in [-0.3, -0.25) is 4.79 Å². The summed E-state index contributed by atoms with van der Waals surface area (Å²) in [5.41, 5.74) is 0. The Kier molecular flexibility index (Phi) is 4.90. The van der Waals surface area contributed by atoms with Gasteiger partial charge in [0.15, 0.2) is 0 Å². The lowest BCUT2D eigenvalue weighted by Gasteiger charge is -2.18. The molecule has 0 heterocycles. The van der Waals surface area contributed by atoms with Crippen molar-refractivity contribution < 1.29 is 23.1 Å². The van der Waals surface area contributed by atoms with Crippen LogP contribution < -0.4 is 5.32 Å². The minimum absolute atomic E-state index is 0.359. The maximum Gasteiger partial charge on any atom is 0.395 e. The predicted molar refractivity (Wildman–Crippen MR) is 44.5 cm³/mol. The highest BCUT2D eigenvalue weighted by Crippen LogP contribution is 2.25. The van der Waals surface area contributed by atoms with E-state index in [-0.39, 0.29) is 5.92 Å². The quantitative estimate of drug-likeness (QED) is 0.729. The van der Waals surface area contributed by atoms with Crippen LogP contribution in [-0.4, -0.2) is 30.3 Å². The molecule has 14 heavy (non-hydrogen) atoms. The second kappa shape index (κ2) is 5.19. The van der Waals surface area contributed by atoms with Gasteiger partial charge in [-0.15, -0.1) is 0 Å². The van der Waals surface area contributed by atoms with Crippen LogP contribution in [0.5, 0.6) is 0 Å². The molecule has 1 unspecified atom stereocenters. The van der Waals surface area contributed by atoms with Crippen molar-refractivity contribution >= 4 is 5.91 Å². The Morgan fingerprint density at radius 1 is 1.43 bits per heavy atom. The number of rotatable bonds is 4. The van der Waals surface area contributed by atoms with Crippen molar-refractivity contribution in [2.75, 3.05) is 13.2 Å². The molecule has 0 saturated heterocycles. The van der Waals surface area contributed by atoms with Crippen LogP contribution in [-0.2, 0) is 4.79 Å². The number of amides is 1. The Morgan fingerprint density at radius 2 is 1.93 bits per heavy atom. The fourth-order valence-electron chi connectivity index (χ4n) is 0.712. The maximum atomic E-state index is 12.1. The van der Waals surface area contributed by atoms with Crippen molar-refractivity contribution in [3.05, 3.63) is 0 Å². The third-order valence-electron chi connectivity index (χ3n) is 1.73. The maximum absolute atomic E-state index is 12.1. The van der Waals surface area contributed by atoms with Gasteiger partial charge in [0.05, 0.1) is 12.5 Å². The Balaban J connectivity index is 4.04. The molecule has 0 fully saturated rings. The lowest BCUT2D eigenvalue weighted by Crippen LogP contribution is -2.39. The first-order valence-corrected chi connectivity index (χ1v) is 4.24. The minimum Gasteiger partial charge on any atom is -0.396 e. The first-order valence-electron chi connectivity index (χ1n) is 4.24. The lowest BCUT2D eigenvalue weighted by atomic mass is 10.1. The Labute approximate surface area is 80.3 Å². The molecular weight excluding hydrogens is 199 g/mol. The molecule has 3 nitrogen and oxygen atoms in total. The van der Waals surface area contributed by atoms with Gasteiger partial charge < -0.3 is 10.4 Å². The third kappa shape index (κ3) is 4.45. The normalized spacial score (nSPS) is 14.2. The number of nitrogens with one attached hydrogen (secondary N) is 1. The summed E-state index contributed by atoms with van der Waals surface area (Å²) in [7, 11) is 0. The van der Waals surface area contributed by atoms with E-state index in [1.165, 1.54) is 0 Å². The van der Waals surface area contributed by atoms with Crippen molar-refractivity contribution in [3.8, 4) is 0 Å². The molecule has 0 aliphatic carbocycles. The zero-order chi connectivity index (χ0) is 11.4. The molecule has 0 bridgehead atoms. The number of carbonyl (C=O) groups excluding carboxylic acids is 1. The first-order chi connectivity index (χ1) is 6.29. The van der Waals surface area contributed by atoms with Gasteiger partial charge in [-0.05, 0) is 0 Å². The van der Waals surface area contributed by atoms with Gasteiger partial charge in [-0.1, -0.05) is 13.8 Å².